The highest BCUT2D eigenvalue weighted by molar-refractivity contribution is 6.01. The lowest BCUT2D eigenvalue weighted by Crippen LogP contribution is -2.45. The zero-order valence-corrected chi connectivity index (χ0v) is 12.8. The van der Waals surface area contributed by atoms with Crippen LogP contribution in [0.3, 0.4) is 0 Å². The summed E-state index contributed by atoms with van der Waals surface area (Å²) in [5, 5.41) is 13.8. The Bertz CT molecular complexity index is 653. The van der Waals surface area contributed by atoms with E-state index in [-0.39, 0.29) is 36.5 Å². The van der Waals surface area contributed by atoms with Gasteiger partial charge in [0, 0.05) is 30.3 Å². The van der Waals surface area contributed by atoms with Crippen molar-refractivity contribution in [2.24, 2.45) is 0 Å². The van der Waals surface area contributed by atoms with Crippen LogP contribution in [-0.2, 0) is 16.0 Å². The molecule has 1 aromatic carbocycles. The number of hydrogen-bond donors (Lipinski definition) is 1. The van der Waals surface area contributed by atoms with Gasteiger partial charge < -0.3 is 10.2 Å². The first-order valence-electron chi connectivity index (χ1n) is 7.91. The van der Waals surface area contributed by atoms with Crippen molar-refractivity contribution in [3.8, 4) is 0 Å². The fraction of sp³-hybridized carbons (Fsp3) is 0.500. The van der Waals surface area contributed by atoms with Crippen LogP contribution >= 0.6 is 0 Å². The van der Waals surface area contributed by atoms with Crippen LogP contribution < -0.4 is 10.2 Å². The quantitative estimate of drug-likeness (QED) is 0.678. The number of rotatable bonds is 4. The Morgan fingerprint density at radius 1 is 1.30 bits per heavy atom. The minimum atomic E-state index is -0.451. The fourth-order valence-electron chi connectivity index (χ4n) is 3.32. The van der Waals surface area contributed by atoms with Gasteiger partial charge in [-0.3, -0.25) is 19.7 Å². The highest BCUT2D eigenvalue weighted by atomic mass is 16.6. The summed E-state index contributed by atoms with van der Waals surface area (Å²) in [6.07, 6.45) is 4.96. The first-order valence-corrected chi connectivity index (χ1v) is 7.91. The average molecular weight is 317 g/mol. The van der Waals surface area contributed by atoms with Crippen molar-refractivity contribution in [1.29, 1.82) is 0 Å². The number of nitro groups is 1. The van der Waals surface area contributed by atoms with Crippen molar-refractivity contribution in [2.45, 2.75) is 44.6 Å². The molecule has 0 bridgehead atoms. The van der Waals surface area contributed by atoms with Crippen LogP contribution in [0.2, 0.25) is 0 Å². The number of carbonyl (C=O) groups excluding carboxylic acids is 2. The van der Waals surface area contributed by atoms with Crippen molar-refractivity contribution in [1.82, 2.24) is 5.32 Å². The van der Waals surface area contributed by atoms with Crippen molar-refractivity contribution >= 4 is 23.2 Å². The minimum Gasteiger partial charge on any atom is -0.352 e. The number of benzene rings is 1. The van der Waals surface area contributed by atoms with Gasteiger partial charge in [0.15, 0.2) is 0 Å². The highest BCUT2D eigenvalue weighted by Crippen LogP contribution is 2.31. The molecule has 0 aromatic heterocycles. The molecule has 7 heteroatoms. The van der Waals surface area contributed by atoms with Gasteiger partial charge in [0.25, 0.3) is 5.69 Å². The summed E-state index contributed by atoms with van der Waals surface area (Å²) < 4.78 is 0. The minimum absolute atomic E-state index is 0.00783. The number of nitro benzene ring substituents is 1. The van der Waals surface area contributed by atoms with Crippen LogP contribution in [0.15, 0.2) is 18.2 Å². The van der Waals surface area contributed by atoms with Crippen LogP contribution in [0.4, 0.5) is 11.4 Å². The Hall–Kier alpha value is -2.44. The molecular weight excluding hydrogens is 298 g/mol. The smallest absolute Gasteiger partial charge is 0.269 e. The molecule has 1 fully saturated rings. The zero-order chi connectivity index (χ0) is 16.4. The van der Waals surface area contributed by atoms with Gasteiger partial charge in [-0.25, -0.2) is 0 Å². The molecule has 1 aliphatic carbocycles. The Labute approximate surface area is 133 Å². The topological polar surface area (TPSA) is 92.5 Å². The SMILES string of the molecule is O=C(CN1C(=O)CCc2cc([N+](=O)[O-])ccc21)NC1CCCC1. The molecule has 0 saturated heterocycles. The maximum Gasteiger partial charge on any atom is 0.269 e. The van der Waals surface area contributed by atoms with Gasteiger partial charge in [-0.2, -0.15) is 0 Å². The van der Waals surface area contributed by atoms with Crippen LogP contribution in [-0.4, -0.2) is 29.3 Å². The van der Waals surface area contributed by atoms with Crippen molar-refractivity contribution < 1.29 is 14.5 Å². The van der Waals surface area contributed by atoms with E-state index >= 15 is 0 Å². The molecule has 1 aliphatic heterocycles. The number of anilines is 1. The largest absolute Gasteiger partial charge is 0.352 e. The van der Waals surface area contributed by atoms with Crippen molar-refractivity contribution in [3.63, 3.8) is 0 Å². The highest BCUT2D eigenvalue weighted by Gasteiger charge is 2.28. The number of nitrogens with zero attached hydrogens (tertiary/aromatic N) is 2. The molecule has 2 amide bonds. The third kappa shape index (κ3) is 3.33. The summed E-state index contributed by atoms with van der Waals surface area (Å²) in [7, 11) is 0. The van der Waals surface area contributed by atoms with Crippen LogP contribution in [0, 0.1) is 10.1 Å². The molecule has 7 nitrogen and oxygen atoms in total. The van der Waals surface area contributed by atoms with E-state index in [0.29, 0.717) is 12.1 Å². The summed E-state index contributed by atoms with van der Waals surface area (Å²) in [6.45, 7) is -0.0276. The maximum absolute atomic E-state index is 12.2. The second-order valence-corrected chi connectivity index (χ2v) is 6.10. The van der Waals surface area contributed by atoms with Crippen LogP contribution in [0.25, 0.3) is 0 Å². The number of amides is 2. The Morgan fingerprint density at radius 3 is 2.74 bits per heavy atom. The zero-order valence-electron chi connectivity index (χ0n) is 12.8. The lowest BCUT2D eigenvalue weighted by molar-refractivity contribution is -0.384. The molecule has 0 atom stereocenters. The molecule has 0 spiro atoms. The van der Waals surface area contributed by atoms with E-state index in [1.165, 1.54) is 17.0 Å². The number of hydrogen-bond acceptors (Lipinski definition) is 4. The number of nitrogens with one attached hydrogen (secondary N) is 1. The standard InChI is InChI=1S/C16H19N3O4/c20-15(17-12-3-1-2-4-12)10-18-14-7-6-13(19(22)23)9-11(14)5-8-16(18)21/h6-7,9,12H,1-5,8,10H2,(H,17,20). The van der Waals surface area contributed by atoms with Gasteiger partial charge >= 0.3 is 0 Å². The van der Waals surface area contributed by atoms with Gasteiger partial charge in [-0.05, 0) is 30.9 Å². The molecule has 23 heavy (non-hydrogen) atoms. The normalized spacial score (nSPS) is 17.9. The Morgan fingerprint density at radius 2 is 2.04 bits per heavy atom. The molecule has 0 radical (unpaired) electrons. The molecule has 1 saturated carbocycles. The summed E-state index contributed by atoms with van der Waals surface area (Å²) in [6, 6.07) is 4.63. The van der Waals surface area contributed by atoms with Gasteiger partial charge in [-0.15, -0.1) is 0 Å². The summed E-state index contributed by atoms with van der Waals surface area (Å²) in [5.41, 5.74) is 1.36. The van der Waals surface area contributed by atoms with Gasteiger partial charge in [0.05, 0.1) is 4.92 Å². The fourth-order valence-corrected chi connectivity index (χ4v) is 3.32. The third-order valence-corrected chi connectivity index (χ3v) is 4.50. The molecule has 1 N–H and O–H groups in total. The second kappa shape index (κ2) is 6.36. The van der Waals surface area contributed by atoms with Crippen molar-refractivity contribution in [2.75, 3.05) is 11.4 Å². The molecule has 122 valence electrons. The molecular formula is C16H19N3O4. The van der Waals surface area contributed by atoms with E-state index in [1.54, 1.807) is 6.07 Å². The lowest BCUT2D eigenvalue weighted by Gasteiger charge is -2.29. The number of fused-ring (bicyclic) bond motifs is 1. The maximum atomic E-state index is 12.2. The molecule has 3 rings (SSSR count). The summed E-state index contributed by atoms with van der Waals surface area (Å²) in [5.74, 6) is -0.288. The van der Waals surface area contributed by atoms with E-state index < -0.39 is 4.92 Å². The van der Waals surface area contributed by atoms with Crippen LogP contribution in [0.5, 0.6) is 0 Å². The number of carbonyl (C=O) groups is 2. The van der Waals surface area contributed by atoms with Gasteiger partial charge in [0.1, 0.15) is 6.54 Å². The lowest BCUT2D eigenvalue weighted by atomic mass is 10.0. The summed E-state index contributed by atoms with van der Waals surface area (Å²) >= 11 is 0. The van der Waals surface area contributed by atoms with Crippen LogP contribution in [0.1, 0.15) is 37.7 Å². The Balaban J connectivity index is 1.75. The van der Waals surface area contributed by atoms with Crippen molar-refractivity contribution in [3.05, 3.63) is 33.9 Å². The first kappa shape index (κ1) is 15.5. The predicted molar refractivity (Wildman–Crippen MR) is 84.2 cm³/mol. The molecule has 2 aliphatic rings. The van der Waals surface area contributed by atoms with Gasteiger partial charge in [-0.1, -0.05) is 12.8 Å². The number of non-ortho nitro benzene ring substituents is 1. The summed E-state index contributed by atoms with van der Waals surface area (Å²) in [4.78, 5) is 36.2. The van der Waals surface area contributed by atoms with E-state index in [4.69, 9.17) is 0 Å². The average Bonchev–Trinajstić information content (AvgIpc) is 3.02. The molecule has 0 unspecified atom stereocenters. The van der Waals surface area contributed by atoms with E-state index in [0.717, 1.165) is 31.2 Å². The van der Waals surface area contributed by atoms with E-state index in [1.807, 2.05) is 0 Å². The Kier molecular flexibility index (Phi) is 4.27. The predicted octanol–water partition coefficient (Wildman–Crippen LogP) is 1.93. The molecule has 1 aromatic rings. The number of aryl methyl sites for hydroxylation is 1. The first-order chi connectivity index (χ1) is 11.0. The second-order valence-electron chi connectivity index (χ2n) is 6.10. The third-order valence-electron chi connectivity index (χ3n) is 4.50. The monoisotopic (exact) mass is 317 g/mol. The van der Waals surface area contributed by atoms with Gasteiger partial charge in [0.2, 0.25) is 11.8 Å². The van der Waals surface area contributed by atoms with E-state index in [2.05, 4.69) is 5.32 Å². The molecule has 1 heterocycles. The van der Waals surface area contributed by atoms with E-state index in [9.17, 15) is 19.7 Å².